The highest BCUT2D eigenvalue weighted by atomic mass is 16.5. The zero-order valence-corrected chi connectivity index (χ0v) is 20.0. The molecule has 1 aliphatic heterocycles. The summed E-state index contributed by atoms with van der Waals surface area (Å²) in [5.74, 6) is -1.52. The SMILES string of the molecule is CC(CN1CCCC1)NC(=O)C(CCC(=O)O)NC(=O)OCC1c2ccccc2-c2ccccc21. The molecule has 0 bridgehead atoms. The molecule has 0 saturated carbocycles. The Bertz CT molecular complexity index is 1020. The first-order chi connectivity index (χ1) is 16.9. The minimum absolute atomic E-state index is 0.0121. The Morgan fingerprint density at radius 1 is 1.00 bits per heavy atom. The molecular weight excluding hydrogens is 446 g/mol. The number of hydrogen-bond acceptors (Lipinski definition) is 5. The third kappa shape index (κ3) is 6.19. The van der Waals surface area contributed by atoms with Gasteiger partial charge in [-0.25, -0.2) is 4.79 Å². The number of nitrogens with one attached hydrogen (secondary N) is 2. The summed E-state index contributed by atoms with van der Waals surface area (Å²) >= 11 is 0. The molecule has 1 fully saturated rings. The van der Waals surface area contributed by atoms with Crippen LogP contribution in [0.1, 0.15) is 49.7 Å². The molecule has 2 amide bonds. The van der Waals surface area contributed by atoms with Gasteiger partial charge in [0.25, 0.3) is 0 Å². The molecule has 1 heterocycles. The van der Waals surface area contributed by atoms with Crippen LogP contribution in [-0.2, 0) is 14.3 Å². The predicted octanol–water partition coefficient (Wildman–Crippen LogP) is 3.36. The normalized spacial score (nSPS) is 16.7. The maximum absolute atomic E-state index is 12.9. The number of ether oxygens (including phenoxy) is 1. The Kier molecular flexibility index (Phi) is 8.02. The Hall–Kier alpha value is -3.39. The van der Waals surface area contributed by atoms with Gasteiger partial charge in [-0.2, -0.15) is 0 Å². The van der Waals surface area contributed by atoms with Gasteiger partial charge in [-0.15, -0.1) is 0 Å². The van der Waals surface area contributed by atoms with E-state index in [0.717, 1.165) is 54.7 Å². The molecule has 2 aromatic carbocycles. The van der Waals surface area contributed by atoms with E-state index in [4.69, 9.17) is 9.84 Å². The average molecular weight is 480 g/mol. The van der Waals surface area contributed by atoms with Gasteiger partial charge in [0.1, 0.15) is 12.6 Å². The zero-order valence-electron chi connectivity index (χ0n) is 20.0. The maximum atomic E-state index is 12.9. The van der Waals surface area contributed by atoms with Gasteiger partial charge in [-0.3, -0.25) is 9.59 Å². The molecule has 1 saturated heterocycles. The Morgan fingerprint density at radius 2 is 1.60 bits per heavy atom. The molecule has 0 radical (unpaired) electrons. The lowest BCUT2D eigenvalue weighted by molar-refractivity contribution is -0.137. The highest BCUT2D eigenvalue weighted by Crippen LogP contribution is 2.44. The van der Waals surface area contributed by atoms with Crippen LogP contribution in [0.25, 0.3) is 11.1 Å². The average Bonchev–Trinajstić information content (AvgIpc) is 3.46. The first kappa shape index (κ1) is 24.7. The van der Waals surface area contributed by atoms with Crippen molar-refractivity contribution >= 4 is 18.0 Å². The topological polar surface area (TPSA) is 108 Å². The standard InChI is InChI=1S/C27H33N3O5/c1-18(16-30-14-6-7-15-30)28-26(33)24(12-13-25(31)32)29-27(34)35-17-23-21-10-4-2-8-19(21)20-9-3-5-11-22(20)23/h2-5,8-11,18,23-24H,6-7,12-17H2,1H3,(H,28,33)(H,29,34)(H,31,32). The van der Waals surface area contributed by atoms with Crippen molar-refractivity contribution in [3.63, 3.8) is 0 Å². The van der Waals surface area contributed by atoms with E-state index in [1.165, 1.54) is 0 Å². The molecule has 1 aliphatic carbocycles. The lowest BCUT2D eigenvalue weighted by atomic mass is 9.98. The van der Waals surface area contributed by atoms with Crippen LogP contribution < -0.4 is 10.6 Å². The highest BCUT2D eigenvalue weighted by Gasteiger charge is 2.30. The van der Waals surface area contributed by atoms with Gasteiger partial charge in [0, 0.05) is 24.9 Å². The van der Waals surface area contributed by atoms with E-state index < -0.39 is 24.0 Å². The molecule has 35 heavy (non-hydrogen) atoms. The van der Waals surface area contributed by atoms with Gasteiger partial charge < -0.3 is 25.4 Å². The molecule has 2 aromatic rings. The van der Waals surface area contributed by atoms with E-state index in [1.54, 1.807) is 0 Å². The first-order valence-corrected chi connectivity index (χ1v) is 12.3. The van der Waals surface area contributed by atoms with Crippen molar-refractivity contribution in [3.05, 3.63) is 59.7 Å². The largest absolute Gasteiger partial charge is 0.481 e. The van der Waals surface area contributed by atoms with Crippen LogP contribution in [0.15, 0.2) is 48.5 Å². The van der Waals surface area contributed by atoms with Crippen LogP contribution in [0.4, 0.5) is 4.79 Å². The lowest BCUT2D eigenvalue weighted by Crippen LogP contribution is -2.51. The van der Waals surface area contributed by atoms with Crippen LogP contribution in [0.2, 0.25) is 0 Å². The van der Waals surface area contributed by atoms with E-state index >= 15 is 0 Å². The molecule has 4 rings (SSSR count). The molecule has 2 atom stereocenters. The third-order valence-corrected chi connectivity index (χ3v) is 6.72. The molecule has 0 aromatic heterocycles. The van der Waals surface area contributed by atoms with Crippen molar-refractivity contribution in [1.82, 2.24) is 15.5 Å². The number of carbonyl (C=O) groups is 3. The molecule has 2 aliphatic rings. The summed E-state index contributed by atoms with van der Waals surface area (Å²) in [4.78, 5) is 39.0. The summed E-state index contributed by atoms with van der Waals surface area (Å²) in [6.07, 6.45) is 1.34. The number of aliphatic carboxylic acids is 1. The van der Waals surface area contributed by atoms with Crippen molar-refractivity contribution in [2.75, 3.05) is 26.2 Å². The zero-order chi connectivity index (χ0) is 24.8. The summed E-state index contributed by atoms with van der Waals surface area (Å²) in [7, 11) is 0. The van der Waals surface area contributed by atoms with Gasteiger partial charge in [-0.1, -0.05) is 48.5 Å². The summed E-state index contributed by atoms with van der Waals surface area (Å²) in [5.41, 5.74) is 4.44. The first-order valence-electron chi connectivity index (χ1n) is 12.3. The van der Waals surface area contributed by atoms with Crippen molar-refractivity contribution in [2.24, 2.45) is 0 Å². The molecule has 0 spiro atoms. The lowest BCUT2D eigenvalue weighted by Gasteiger charge is -2.24. The van der Waals surface area contributed by atoms with Crippen LogP contribution in [0.5, 0.6) is 0 Å². The monoisotopic (exact) mass is 479 g/mol. The predicted molar refractivity (Wildman–Crippen MR) is 132 cm³/mol. The van der Waals surface area contributed by atoms with E-state index in [9.17, 15) is 14.4 Å². The second-order valence-electron chi connectivity index (χ2n) is 9.37. The van der Waals surface area contributed by atoms with E-state index in [1.807, 2.05) is 43.3 Å². The summed E-state index contributed by atoms with van der Waals surface area (Å²) in [5, 5.41) is 14.6. The molecule has 3 N–H and O–H groups in total. The van der Waals surface area contributed by atoms with Crippen molar-refractivity contribution in [3.8, 4) is 11.1 Å². The molecule has 2 unspecified atom stereocenters. The number of likely N-dealkylation sites (tertiary alicyclic amines) is 1. The number of nitrogens with zero attached hydrogens (tertiary/aromatic N) is 1. The summed E-state index contributed by atoms with van der Waals surface area (Å²) in [6.45, 7) is 4.79. The van der Waals surface area contributed by atoms with Gasteiger partial charge in [0.2, 0.25) is 5.91 Å². The number of alkyl carbamates (subject to hydrolysis) is 1. The van der Waals surface area contributed by atoms with Crippen LogP contribution in [0, 0.1) is 0 Å². The summed E-state index contributed by atoms with van der Waals surface area (Å²) in [6, 6.07) is 15.0. The summed E-state index contributed by atoms with van der Waals surface area (Å²) < 4.78 is 5.55. The number of carboxylic acid groups (broad SMARTS) is 1. The van der Waals surface area contributed by atoms with Crippen LogP contribution in [0.3, 0.4) is 0 Å². The number of hydrogen-bond donors (Lipinski definition) is 3. The van der Waals surface area contributed by atoms with Gasteiger partial charge in [-0.05, 0) is 61.5 Å². The van der Waals surface area contributed by atoms with Crippen LogP contribution in [-0.4, -0.2) is 66.3 Å². The minimum Gasteiger partial charge on any atom is -0.481 e. The quantitative estimate of drug-likeness (QED) is 0.482. The highest BCUT2D eigenvalue weighted by molar-refractivity contribution is 5.86. The fourth-order valence-electron chi connectivity index (χ4n) is 5.06. The van der Waals surface area contributed by atoms with Crippen molar-refractivity contribution in [1.29, 1.82) is 0 Å². The van der Waals surface area contributed by atoms with Crippen molar-refractivity contribution in [2.45, 2.75) is 50.6 Å². The second kappa shape index (κ2) is 11.4. The number of carboxylic acids is 1. The van der Waals surface area contributed by atoms with Gasteiger partial charge >= 0.3 is 12.1 Å². The second-order valence-corrected chi connectivity index (χ2v) is 9.37. The molecule has 186 valence electrons. The number of benzene rings is 2. The number of rotatable bonds is 10. The Morgan fingerprint density at radius 3 is 2.20 bits per heavy atom. The Labute approximate surface area is 205 Å². The molecule has 8 nitrogen and oxygen atoms in total. The van der Waals surface area contributed by atoms with E-state index in [0.29, 0.717) is 0 Å². The molecular formula is C27H33N3O5. The third-order valence-electron chi connectivity index (χ3n) is 6.72. The minimum atomic E-state index is -1.03. The number of fused-ring (bicyclic) bond motifs is 3. The molecule has 8 heteroatoms. The van der Waals surface area contributed by atoms with Crippen molar-refractivity contribution < 1.29 is 24.2 Å². The van der Waals surface area contributed by atoms with E-state index in [-0.39, 0.29) is 31.4 Å². The fourth-order valence-corrected chi connectivity index (χ4v) is 5.06. The maximum Gasteiger partial charge on any atom is 0.407 e. The smallest absolute Gasteiger partial charge is 0.407 e. The fraction of sp³-hybridized carbons (Fsp3) is 0.444. The van der Waals surface area contributed by atoms with E-state index in [2.05, 4.69) is 27.7 Å². The number of amides is 2. The van der Waals surface area contributed by atoms with Gasteiger partial charge in [0.15, 0.2) is 0 Å². The number of carbonyl (C=O) groups excluding carboxylic acids is 2. The van der Waals surface area contributed by atoms with Gasteiger partial charge in [0.05, 0.1) is 0 Å². The Balaban J connectivity index is 1.36. The van der Waals surface area contributed by atoms with Crippen LogP contribution >= 0.6 is 0 Å².